The Morgan fingerprint density at radius 1 is 0.800 bits per heavy atom. The Kier molecular flexibility index (Phi) is 3.06. The lowest BCUT2D eigenvalue weighted by Gasteiger charge is -2.19. The maximum atomic E-state index is 6.08. The minimum absolute atomic E-state index is 0.0832. The topological polar surface area (TPSA) is 11.3 Å². The van der Waals surface area contributed by atoms with Crippen molar-refractivity contribution in [2.75, 3.05) is 0 Å². The maximum absolute atomic E-state index is 6.08. The van der Waals surface area contributed by atoms with Crippen LogP contribution in [-0.4, -0.2) is 0 Å². The number of hydrogen-bond donors (Lipinski definition) is 0. The highest BCUT2D eigenvalue weighted by atomic mass is 16.3. The summed E-state index contributed by atoms with van der Waals surface area (Å²) in [6, 6.07) is 20.7. The molecule has 0 atom stereocenters. The van der Waals surface area contributed by atoms with Crippen LogP contribution in [0.2, 0.25) is 0 Å². The molecule has 0 saturated heterocycles. The van der Waals surface area contributed by atoms with Crippen molar-refractivity contribution in [3.8, 4) is 11.3 Å². The molecule has 1 heteroatoms. The zero-order chi connectivity index (χ0) is 14.2. The lowest BCUT2D eigenvalue weighted by atomic mass is 9.84. The average Bonchev–Trinajstić information content (AvgIpc) is 2.46. The molecule has 0 aliphatic carbocycles. The van der Waals surface area contributed by atoms with E-state index >= 15 is 0 Å². The van der Waals surface area contributed by atoms with Gasteiger partial charge < -0.3 is 0 Å². The molecule has 0 aliphatic heterocycles. The van der Waals surface area contributed by atoms with Crippen LogP contribution < -0.4 is 0 Å². The number of para-hydroxylation sites is 1. The molecule has 1 heterocycles. The van der Waals surface area contributed by atoms with E-state index in [1.807, 2.05) is 30.3 Å². The molecule has 1 aromatic heterocycles. The van der Waals surface area contributed by atoms with Crippen LogP contribution in [0.1, 0.15) is 26.3 Å². The third-order valence-electron chi connectivity index (χ3n) is 3.54. The fraction of sp³-hybridized carbons (Fsp3) is 0.211. The highest BCUT2D eigenvalue weighted by molar-refractivity contribution is 5.83. The number of rotatable bonds is 1. The van der Waals surface area contributed by atoms with Gasteiger partial charge in [-0.2, -0.15) is 0 Å². The molecule has 0 amide bonds. The SMILES string of the molecule is CC(C)(C)c1cc(-c2ccccc2)[o+]c2ccccc12. The number of fused-ring (bicyclic) bond motifs is 1. The summed E-state index contributed by atoms with van der Waals surface area (Å²) in [7, 11) is 0. The molecule has 1 nitrogen and oxygen atoms in total. The molecule has 0 fully saturated rings. The normalized spacial score (nSPS) is 11.8. The van der Waals surface area contributed by atoms with Crippen LogP contribution in [0.4, 0.5) is 0 Å². The van der Waals surface area contributed by atoms with Gasteiger partial charge in [0.25, 0.3) is 0 Å². The predicted molar refractivity (Wildman–Crippen MR) is 84.8 cm³/mol. The van der Waals surface area contributed by atoms with Crippen LogP contribution in [0.25, 0.3) is 22.3 Å². The van der Waals surface area contributed by atoms with Crippen LogP contribution in [-0.2, 0) is 5.41 Å². The zero-order valence-electron chi connectivity index (χ0n) is 12.2. The summed E-state index contributed by atoms with van der Waals surface area (Å²) in [5, 5.41) is 1.19. The van der Waals surface area contributed by atoms with Crippen LogP contribution in [0.3, 0.4) is 0 Å². The summed E-state index contributed by atoms with van der Waals surface area (Å²) in [4.78, 5) is 0. The summed E-state index contributed by atoms with van der Waals surface area (Å²) in [6.07, 6.45) is 0. The van der Waals surface area contributed by atoms with E-state index in [4.69, 9.17) is 4.42 Å². The lowest BCUT2D eigenvalue weighted by molar-refractivity contribution is 0.575. The first-order valence-corrected chi connectivity index (χ1v) is 6.97. The van der Waals surface area contributed by atoms with Gasteiger partial charge in [-0.05, 0) is 29.2 Å². The first-order chi connectivity index (χ1) is 9.55. The van der Waals surface area contributed by atoms with E-state index in [9.17, 15) is 0 Å². The molecule has 0 spiro atoms. The summed E-state index contributed by atoms with van der Waals surface area (Å²) >= 11 is 0. The van der Waals surface area contributed by atoms with Gasteiger partial charge >= 0.3 is 11.3 Å². The van der Waals surface area contributed by atoms with Crippen LogP contribution in [0, 0.1) is 0 Å². The van der Waals surface area contributed by atoms with E-state index in [1.165, 1.54) is 10.9 Å². The van der Waals surface area contributed by atoms with Crippen LogP contribution >= 0.6 is 0 Å². The van der Waals surface area contributed by atoms with E-state index in [-0.39, 0.29) is 5.41 Å². The Labute approximate surface area is 119 Å². The summed E-state index contributed by atoms with van der Waals surface area (Å²) in [5.41, 5.74) is 3.46. The Hall–Kier alpha value is -2.15. The molecule has 0 unspecified atom stereocenters. The quantitative estimate of drug-likeness (QED) is 0.514. The van der Waals surface area contributed by atoms with Gasteiger partial charge in [-0.25, -0.2) is 4.42 Å². The summed E-state index contributed by atoms with van der Waals surface area (Å²) in [6.45, 7) is 6.72. The van der Waals surface area contributed by atoms with Crippen molar-refractivity contribution in [2.24, 2.45) is 0 Å². The lowest BCUT2D eigenvalue weighted by Crippen LogP contribution is -2.11. The molecule has 2 aromatic carbocycles. The Morgan fingerprint density at radius 3 is 2.15 bits per heavy atom. The van der Waals surface area contributed by atoms with E-state index in [0.29, 0.717) is 0 Å². The minimum Gasteiger partial charge on any atom is -0.207 e. The maximum Gasteiger partial charge on any atom is 0.361 e. The standard InChI is InChI=1S/C19H19O/c1-19(2,3)16-13-18(14-9-5-4-6-10-14)20-17-12-8-7-11-15(16)17/h4-13H,1-3H3/q+1. The van der Waals surface area contributed by atoms with Crippen molar-refractivity contribution in [2.45, 2.75) is 26.2 Å². The molecule has 0 saturated carbocycles. The molecule has 0 bridgehead atoms. The van der Waals surface area contributed by atoms with Gasteiger partial charge in [0, 0.05) is 12.1 Å². The fourth-order valence-electron chi connectivity index (χ4n) is 2.50. The first kappa shape index (κ1) is 12.9. The number of hydrogen-bond acceptors (Lipinski definition) is 0. The van der Waals surface area contributed by atoms with Crippen LogP contribution in [0.15, 0.2) is 65.1 Å². The third-order valence-corrected chi connectivity index (χ3v) is 3.54. The fourth-order valence-corrected chi connectivity index (χ4v) is 2.50. The number of benzene rings is 2. The van der Waals surface area contributed by atoms with E-state index in [0.717, 1.165) is 16.9 Å². The van der Waals surface area contributed by atoms with Gasteiger partial charge in [0.15, 0.2) is 0 Å². The highest BCUT2D eigenvalue weighted by Crippen LogP contribution is 2.34. The van der Waals surface area contributed by atoms with E-state index in [2.05, 4.69) is 51.1 Å². The van der Waals surface area contributed by atoms with Gasteiger partial charge in [-0.15, -0.1) is 0 Å². The molecule has 0 radical (unpaired) electrons. The third kappa shape index (κ3) is 2.32. The van der Waals surface area contributed by atoms with Crippen molar-refractivity contribution in [1.29, 1.82) is 0 Å². The largest absolute Gasteiger partial charge is 0.361 e. The van der Waals surface area contributed by atoms with Gasteiger partial charge in [-0.3, -0.25) is 0 Å². The second-order valence-electron chi connectivity index (χ2n) is 6.14. The summed E-state index contributed by atoms with van der Waals surface area (Å²) in [5.74, 6) is 0.925. The molecule has 0 aliphatic rings. The Bertz CT molecular complexity index is 737. The molecular formula is C19H19O+. The summed E-state index contributed by atoms with van der Waals surface area (Å²) < 4.78 is 6.08. The molecule has 3 aromatic rings. The zero-order valence-corrected chi connectivity index (χ0v) is 12.2. The Balaban J connectivity index is 2.31. The molecule has 100 valence electrons. The molecule has 3 rings (SSSR count). The second kappa shape index (κ2) is 4.75. The van der Waals surface area contributed by atoms with Crippen LogP contribution in [0.5, 0.6) is 0 Å². The van der Waals surface area contributed by atoms with Gasteiger partial charge in [0.05, 0.1) is 10.9 Å². The van der Waals surface area contributed by atoms with Crippen molar-refractivity contribution in [3.63, 3.8) is 0 Å². The molecule has 0 N–H and O–H groups in total. The second-order valence-corrected chi connectivity index (χ2v) is 6.14. The van der Waals surface area contributed by atoms with Gasteiger partial charge in [0.1, 0.15) is 0 Å². The molecule has 20 heavy (non-hydrogen) atoms. The highest BCUT2D eigenvalue weighted by Gasteiger charge is 2.25. The van der Waals surface area contributed by atoms with E-state index < -0.39 is 0 Å². The van der Waals surface area contributed by atoms with Crippen molar-refractivity contribution in [1.82, 2.24) is 0 Å². The first-order valence-electron chi connectivity index (χ1n) is 6.97. The van der Waals surface area contributed by atoms with Gasteiger partial charge in [0.2, 0.25) is 0 Å². The average molecular weight is 263 g/mol. The van der Waals surface area contributed by atoms with Gasteiger partial charge in [-0.1, -0.05) is 51.1 Å². The van der Waals surface area contributed by atoms with Crippen molar-refractivity contribution >= 4 is 11.0 Å². The monoisotopic (exact) mass is 263 g/mol. The predicted octanol–water partition coefficient (Wildman–Crippen LogP) is 5.68. The smallest absolute Gasteiger partial charge is 0.207 e. The Morgan fingerprint density at radius 2 is 1.45 bits per heavy atom. The minimum atomic E-state index is 0.0832. The molecular weight excluding hydrogens is 244 g/mol. The van der Waals surface area contributed by atoms with Crippen molar-refractivity contribution in [3.05, 3.63) is 66.2 Å². The van der Waals surface area contributed by atoms with E-state index in [1.54, 1.807) is 0 Å². The van der Waals surface area contributed by atoms with Crippen molar-refractivity contribution < 1.29 is 4.42 Å².